The van der Waals surface area contributed by atoms with Gasteiger partial charge in [-0.1, -0.05) is 12.1 Å². The molecule has 6 nitrogen and oxygen atoms in total. The van der Waals surface area contributed by atoms with Crippen molar-refractivity contribution in [1.29, 1.82) is 5.41 Å². The Balaban J connectivity index is 1.40. The summed E-state index contributed by atoms with van der Waals surface area (Å²) in [5, 5.41) is 13.5. The molecule has 0 spiro atoms. The van der Waals surface area contributed by atoms with E-state index in [0.29, 0.717) is 18.1 Å². The molecule has 2 amide bonds. The standard InChI is InChI=1S/C25H29F3N4O2/c1-16(12-22(29)18-9-7-17(8-10-18)20-5-3-11-30-14-20)32-23(33)15-31-24(34)19-4-2-6-21(13-19)25(26,27)28/h2-6,11,13-14,16-18,29H,7-10,12,15H2,1H3,(H,31,34)(H,32,33)/t16-,17?,18?/m1/s1. The number of alkyl halides is 3. The summed E-state index contributed by atoms with van der Waals surface area (Å²) in [5.74, 6) is -0.559. The highest BCUT2D eigenvalue weighted by molar-refractivity contribution is 5.96. The summed E-state index contributed by atoms with van der Waals surface area (Å²) in [6.07, 6.45) is 3.37. The van der Waals surface area contributed by atoms with Crippen molar-refractivity contribution >= 4 is 17.5 Å². The number of carbonyl (C=O) groups excluding carboxylic acids is 2. The lowest BCUT2D eigenvalue weighted by molar-refractivity contribution is -0.137. The number of halogens is 3. The van der Waals surface area contributed by atoms with Gasteiger partial charge in [0.05, 0.1) is 12.1 Å². The lowest BCUT2D eigenvalue weighted by Gasteiger charge is -2.30. The highest BCUT2D eigenvalue weighted by Gasteiger charge is 2.31. The van der Waals surface area contributed by atoms with E-state index in [1.54, 1.807) is 13.1 Å². The summed E-state index contributed by atoms with van der Waals surface area (Å²) < 4.78 is 38.4. The Morgan fingerprint density at radius 3 is 2.53 bits per heavy atom. The minimum Gasteiger partial charge on any atom is -0.352 e. The molecule has 1 fully saturated rings. The van der Waals surface area contributed by atoms with E-state index in [9.17, 15) is 22.8 Å². The smallest absolute Gasteiger partial charge is 0.352 e. The van der Waals surface area contributed by atoms with E-state index in [0.717, 1.165) is 43.9 Å². The zero-order chi connectivity index (χ0) is 24.7. The number of aromatic nitrogens is 1. The van der Waals surface area contributed by atoms with Gasteiger partial charge in [0.1, 0.15) is 0 Å². The van der Waals surface area contributed by atoms with Crippen molar-refractivity contribution < 1.29 is 22.8 Å². The first kappa shape index (κ1) is 25.4. The monoisotopic (exact) mass is 474 g/mol. The van der Waals surface area contributed by atoms with Gasteiger partial charge in [-0.25, -0.2) is 0 Å². The van der Waals surface area contributed by atoms with Crippen LogP contribution in [-0.2, 0) is 11.0 Å². The SMILES string of the molecule is C[C@H](CC(=N)C1CCC(c2cccnc2)CC1)NC(=O)CNC(=O)c1cccc(C(F)(F)F)c1. The van der Waals surface area contributed by atoms with Crippen molar-refractivity contribution in [3.05, 3.63) is 65.5 Å². The zero-order valence-electron chi connectivity index (χ0n) is 19.0. The van der Waals surface area contributed by atoms with Gasteiger partial charge in [-0.05, 0) is 74.3 Å². The largest absolute Gasteiger partial charge is 0.416 e. The van der Waals surface area contributed by atoms with E-state index >= 15 is 0 Å². The molecule has 3 rings (SSSR count). The minimum absolute atomic E-state index is 0.167. The first-order chi connectivity index (χ1) is 16.1. The maximum absolute atomic E-state index is 12.8. The van der Waals surface area contributed by atoms with Crippen LogP contribution in [0.1, 0.15) is 66.4 Å². The second kappa shape index (κ2) is 11.3. The molecule has 0 saturated heterocycles. The van der Waals surface area contributed by atoms with E-state index < -0.39 is 23.6 Å². The first-order valence-electron chi connectivity index (χ1n) is 11.4. The molecule has 3 N–H and O–H groups in total. The van der Waals surface area contributed by atoms with Crippen LogP contribution < -0.4 is 10.6 Å². The molecule has 1 aromatic heterocycles. The molecular formula is C25H29F3N4O2. The normalized spacial score (nSPS) is 19.2. The Hall–Kier alpha value is -3.23. The Morgan fingerprint density at radius 2 is 1.88 bits per heavy atom. The predicted octanol–water partition coefficient (Wildman–Crippen LogP) is 4.72. The zero-order valence-corrected chi connectivity index (χ0v) is 19.0. The van der Waals surface area contributed by atoms with E-state index in [-0.39, 0.29) is 24.1 Å². The second-order valence-corrected chi connectivity index (χ2v) is 8.79. The van der Waals surface area contributed by atoms with Crippen LogP contribution >= 0.6 is 0 Å². The Morgan fingerprint density at radius 1 is 1.15 bits per heavy atom. The fourth-order valence-electron chi connectivity index (χ4n) is 4.37. The molecule has 1 saturated carbocycles. The molecule has 1 aromatic carbocycles. The molecule has 9 heteroatoms. The number of benzene rings is 1. The Labute approximate surface area is 196 Å². The Bertz CT molecular complexity index is 1000. The van der Waals surface area contributed by atoms with Crippen molar-refractivity contribution in [2.24, 2.45) is 5.92 Å². The number of carbonyl (C=O) groups is 2. The molecule has 0 unspecified atom stereocenters. The predicted molar refractivity (Wildman–Crippen MR) is 123 cm³/mol. The van der Waals surface area contributed by atoms with Gasteiger partial charge < -0.3 is 16.0 Å². The summed E-state index contributed by atoms with van der Waals surface area (Å²) in [7, 11) is 0. The van der Waals surface area contributed by atoms with Crippen molar-refractivity contribution in [2.75, 3.05) is 6.54 Å². The fraction of sp³-hybridized carbons (Fsp3) is 0.440. The highest BCUT2D eigenvalue weighted by Crippen LogP contribution is 2.36. The number of nitrogens with zero attached hydrogens (tertiary/aromatic N) is 1. The molecule has 0 aliphatic heterocycles. The number of hydrogen-bond acceptors (Lipinski definition) is 4. The van der Waals surface area contributed by atoms with Crippen LogP contribution in [0.2, 0.25) is 0 Å². The molecule has 2 aromatic rings. The van der Waals surface area contributed by atoms with Crippen LogP contribution in [0.4, 0.5) is 13.2 Å². The molecule has 0 bridgehead atoms. The number of rotatable bonds is 8. The second-order valence-electron chi connectivity index (χ2n) is 8.79. The average Bonchev–Trinajstić information content (AvgIpc) is 2.82. The van der Waals surface area contributed by atoms with Crippen LogP contribution in [0.5, 0.6) is 0 Å². The molecule has 1 heterocycles. The maximum atomic E-state index is 12.8. The van der Waals surface area contributed by atoms with Crippen LogP contribution in [0, 0.1) is 11.3 Å². The van der Waals surface area contributed by atoms with E-state index in [1.807, 2.05) is 12.3 Å². The third kappa shape index (κ3) is 7.13. The van der Waals surface area contributed by atoms with Gasteiger partial charge in [-0.2, -0.15) is 13.2 Å². The number of hydrogen-bond donors (Lipinski definition) is 3. The van der Waals surface area contributed by atoms with Crippen molar-refractivity contribution in [1.82, 2.24) is 15.6 Å². The van der Waals surface area contributed by atoms with Crippen LogP contribution in [0.3, 0.4) is 0 Å². The van der Waals surface area contributed by atoms with Gasteiger partial charge in [-0.3, -0.25) is 14.6 Å². The molecule has 1 aliphatic rings. The van der Waals surface area contributed by atoms with Gasteiger partial charge in [-0.15, -0.1) is 0 Å². The molecule has 0 radical (unpaired) electrons. The van der Waals surface area contributed by atoms with Crippen molar-refractivity contribution in [3.8, 4) is 0 Å². The van der Waals surface area contributed by atoms with Crippen molar-refractivity contribution in [3.63, 3.8) is 0 Å². The van der Waals surface area contributed by atoms with Gasteiger partial charge in [0, 0.05) is 36.1 Å². The topological polar surface area (TPSA) is 94.9 Å². The molecule has 34 heavy (non-hydrogen) atoms. The van der Waals surface area contributed by atoms with E-state index in [1.165, 1.54) is 11.6 Å². The minimum atomic E-state index is -4.55. The molecule has 1 atom stereocenters. The van der Waals surface area contributed by atoms with Gasteiger partial charge in [0.25, 0.3) is 5.91 Å². The third-order valence-electron chi connectivity index (χ3n) is 6.17. The average molecular weight is 475 g/mol. The first-order valence-corrected chi connectivity index (χ1v) is 11.4. The lowest BCUT2D eigenvalue weighted by Crippen LogP contribution is -2.42. The number of nitrogens with one attached hydrogen (secondary N) is 3. The summed E-state index contributed by atoms with van der Waals surface area (Å²) in [4.78, 5) is 28.5. The van der Waals surface area contributed by atoms with Crippen LogP contribution in [-0.4, -0.2) is 35.1 Å². The van der Waals surface area contributed by atoms with Gasteiger partial charge in [0.2, 0.25) is 5.91 Å². The van der Waals surface area contributed by atoms with E-state index in [4.69, 9.17) is 5.41 Å². The van der Waals surface area contributed by atoms with Gasteiger partial charge in [0.15, 0.2) is 0 Å². The summed E-state index contributed by atoms with van der Waals surface area (Å²) in [6, 6.07) is 7.78. The molecule has 1 aliphatic carbocycles. The third-order valence-corrected chi connectivity index (χ3v) is 6.17. The summed E-state index contributed by atoms with van der Waals surface area (Å²) in [5.41, 5.74) is 0.747. The molecule has 182 valence electrons. The highest BCUT2D eigenvalue weighted by atomic mass is 19.4. The number of pyridine rings is 1. The summed E-state index contributed by atoms with van der Waals surface area (Å²) in [6.45, 7) is 1.44. The van der Waals surface area contributed by atoms with Crippen LogP contribution in [0.25, 0.3) is 0 Å². The summed E-state index contributed by atoms with van der Waals surface area (Å²) >= 11 is 0. The maximum Gasteiger partial charge on any atom is 0.416 e. The van der Waals surface area contributed by atoms with E-state index in [2.05, 4.69) is 21.7 Å². The van der Waals surface area contributed by atoms with Gasteiger partial charge >= 0.3 is 6.18 Å². The number of amides is 2. The Kier molecular flexibility index (Phi) is 8.41. The van der Waals surface area contributed by atoms with Crippen LogP contribution in [0.15, 0.2) is 48.8 Å². The lowest BCUT2D eigenvalue weighted by atomic mass is 9.76. The quantitative estimate of drug-likeness (QED) is 0.483. The van der Waals surface area contributed by atoms with Crippen molar-refractivity contribution in [2.45, 2.75) is 57.2 Å². The molecular weight excluding hydrogens is 445 g/mol. The fourth-order valence-corrected chi connectivity index (χ4v) is 4.37.